The summed E-state index contributed by atoms with van der Waals surface area (Å²) in [5.74, 6) is -0.267. The van der Waals surface area contributed by atoms with Crippen LogP contribution in [0.4, 0.5) is 10.8 Å². The zero-order chi connectivity index (χ0) is 19.7. The molecule has 0 saturated heterocycles. The molecule has 2 aromatic heterocycles. The van der Waals surface area contributed by atoms with E-state index in [9.17, 15) is 13.2 Å². The van der Waals surface area contributed by atoms with Crippen LogP contribution >= 0.6 is 22.7 Å². The van der Waals surface area contributed by atoms with Gasteiger partial charge in [-0.25, -0.2) is 13.4 Å². The van der Waals surface area contributed by atoms with Crippen LogP contribution in [0.2, 0.25) is 0 Å². The number of nitrogens with zero attached hydrogens (tertiary/aromatic N) is 1. The second-order valence-electron chi connectivity index (χ2n) is 5.83. The Morgan fingerprint density at radius 3 is 2.57 bits per heavy atom. The zero-order valence-corrected chi connectivity index (χ0v) is 16.7. The number of amides is 1. The molecule has 6 nitrogen and oxygen atoms in total. The molecule has 0 aliphatic heterocycles. The molecule has 2 heterocycles. The van der Waals surface area contributed by atoms with Crippen molar-refractivity contribution in [1.29, 1.82) is 0 Å². The number of hydrogen-bond acceptors (Lipinski definition) is 6. The van der Waals surface area contributed by atoms with Gasteiger partial charge in [0.1, 0.15) is 7.85 Å². The number of carbonyl (C=O) groups excluding carboxylic acids is 1. The Morgan fingerprint density at radius 2 is 1.86 bits per heavy atom. The third-order valence-electron chi connectivity index (χ3n) is 3.84. The molecule has 0 aliphatic carbocycles. The maximum Gasteiger partial charge on any atom is 0.265 e. The van der Waals surface area contributed by atoms with E-state index in [1.54, 1.807) is 29.6 Å². The Labute approximate surface area is 170 Å². The highest BCUT2D eigenvalue weighted by atomic mass is 32.2. The standard InChI is InChI=1S/C18H12BN3O3S3/c19-12-1-6-15-11(9-12)10-16(27-15)17(23)21-13-2-4-14(5-3-13)28(24,25)22-18-20-7-8-26-18/h1-10H,(H,20,22)(H,21,23). The van der Waals surface area contributed by atoms with Gasteiger partial charge in [0.25, 0.3) is 15.9 Å². The fraction of sp³-hybridized carbons (Fsp3) is 0. The Hall–Kier alpha value is -2.69. The molecular weight excluding hydrogens is 413 g/mol. The first-order valence-electron chi connectivity index (χ1n) is 8.03. The van der Waals surface area contributed by atoms with Crippen LogP contribution in [0, 0.1) is 0 Å². The number of fused-ring (bicyclic) bond motifs is 1. The second kappa shape index (κ2) is 7.38. The van der Waals surface area contributed by atoms with Crippen LogP contribution in [0.25, 0.3) is 10.1 Å². The van der Waals surface area contributed by atoms with E-state index >= 15 is 0 Å². The maximum absolute atomic E-state index is 12.5. The fourth-order valence-corrected chi connectivity index (χ4v) is 5.26. The van der Waals surface area contributed by atoms with Crippen molar-refractivity contribution in [1.82, 2.24) is 4.98 Å². The van der Waals surface area contributed by atoms with Gasteiger partial charge < -0.3 is 5.32 Å². The van der Waals surface area contributed by atoms with Crippen molar-refractivity contribution in [2.24, 2.45) is 0 Å². The van der Waals surface area contributed by atoms with Gasteiger partial charge in [0.2, 0.25) is 0 Å². The van der Waals surface area contributed by atoms with Gasteiger partial charge in [0, 0.05) is 22.0 Å². The largest absolute Gasteiger partial charge is 0.321 e. The first kappa shape index (κ1) is 18.7. The lowest BCUT2D eigenvalue weighted by Gasteiger charge is -2.07. The molecule has 0 bridgehead atoms. The highest BCUT2D eigenvalue weighted by Crippen LogP contribution is 2.26. The molecule has 0 aliphatic rings. The van der Waals surface area contributed by atoms with Gasteiger partial charge in [-0.15, -0.1) is 22.7 Å². The molecule has 0 fully saturated rings. The molecule has 2 N–H and O–H groups in total. The molecule has 0 saturated carbocycles. The molecule has 138 valence electrons. The average Bonchev–Trinajstić information content (AvgIpc) is 3.31. The summed E-state index contributed by atoms with van der Waals surface area (Å²) >= 11 is 2.55. The third kappa shape index (κ3) is 3.94. The first-order chi connectivity index (χ1) is 13.4. The smallest absolute Gasteiger partial charge is 0.265 e. The van der Waals surface area contributed by atoms with E-state index in [1.807, 2.05) is 12.1 Å². The van der Waals surface area contributed by atoms with Crippen LogP contribution in [0.15, 0.2) is 65.0 Å². The Balaban J connectivity index is 1.49. The summed E-state index contributed by atoms with van der Waals surface area (Å²) in [7, 11) is 2.04. The molecule has 4 rings (SSSR count). The van der Waals surface area contributed by atoms with Crippen molar-refractivity contribution in [3.05, 3.63) is 65.0 Å². The van der Waals surface area contributed by atoms with Gasteiger partial charge >= 0.3 is 0 Å². The second-order valence-corrected chi connectivity index (χ2v) is 9.49. The monoisotopic (exact) mass is 425 g/mol. The van der Waals surface area contributed by atoms with E-state index in [4.69, 9.17) is 7.85 Å². The summed E-state index contributed by atoms with van der Waals surface area (Å²) in [6, 6.07) is 13.2. The normalized spacial score (nSPS) is 11.4. The lowest BCUT2D eigenvalue weighted by Crippen LogP contribution is -2.13. The lowest BCUT2D eigenvalue weighted by molar-refractivity contribution is 0.103. The summed E-state index contributed by atoms with van der Waals surface area (Å²) in [6.45, 7) is 0. The van der Waals surface area contributed by atoms with E-state index in [1.165, 1.54) is 41.0 Å². The molecular formula is C18H12BN3O3S3. The quantitative estimate of drug-likeness (QED) is 0.481. The van der Waals surface area contributed by atoms with Gasteiger partial charge in [0.05, 0.1) is 9.77 Å². The van der Waals surface area contributed by atoms with Crippen molar-refractivity contribution in [2.75, 3.05) is 10.0 Å². The van der Waals surface area contributed by atoms with E-state index in [-0.39, 0.29) is 10.8 Å². The van der Waals surface area contributed by atoms with Crippen LogP contribution < -0.4 is 15.5 Å². The topological polar surface area (TPSA) is 88.2 Å². The van der Waals surface area contributed by atoms with E-state index < -0.39 is 10.0 Å². The van der Waals surface area contributed by atoms with E-state index in [0.29, 0.717) is 21.2 Å². The number of hydrogen-bond donors (Lipinski definition) is 2. The molecule has 1 amide bonds. The number of sulfonamides is 1. The molecule has 2 radical (unpaired) electrons. The summed E-state index contributed by atoms with van der Waals surface area (Å²) in [5, 5.41) is 5.65. The molecule has 28 heavy (non-hydrogen) atoms. The Kier molecular flexibility index (Phi) is 4.92. The van der Waals surface area contributed by atoms with Crippen LogP contribution in [-0.4, -0.2) is 27.2 Å². The van der Waals surface area contributed by atoms with Gasteiger partial charge in [-0.05, 0) is 41.8 Å². The summed E-state index contributed by atoms with van der Waals surface area (Å²) in [5.41, 5.74) is 1.13. The molecule has 0 unspecified atom stereocenters. The number of thiazole rings is 1. The predicted octanol–water partition coefficient (Wildman–Crippen LogP) is 3.20. The molecule has 10 heteroatoms. The van der Waals surface area contributed by atoms with Crippen molar-refractivity contribution < 1.29 is 13.2 Å². The molecule has 0 spiro atoms. The highest BCUT2D eigenvalue weighted by molar-refractivity contribution is 7.93. The number of aromatic nitrogens is 1. The SMILES string of the molecule is [B]c1ccc2sc(C(=O)Nc3ccc(S(=O)(=O)Nc4nccs4)cc3)cc2c1. The number of thiophene rings is 1. The predicted molar refractivity (Wildman–Crippen MR) is 115 cm³/mol. The minimum atomic E-state index is -3.73. The molecule has 2 aromatic carbocycles. The van der Waals surface area contributed by atoms with Crippen LogP contribution in [-0.2, 0) is 10.0 Å². The number of carbonyl (C=O) groups is 1. The molecule has 4 aromatic rings. The van der Waals surface area contributed by atoms with Gasteiger partial charge in [-0.2, -0.15) is 0 Å². The van der Waals surface area contributed by atoms with Crippen molar-refractivity contribution in [3.63, 3.8) is 0 Å². The fourth-order valence-electron chi connectivity index (χ4n) is 2.53. The van der Waals surface area contributed by atoms with Gasteiger partial charge in [-0.1, -0.05) is 17.6 Å². The van der Waals surface area contributed by atoms with E-state index in [2.05, 4.69) is 15.0 Å². The lowest BCUT2D eigenvalue weighted by atomic mass is 9.95. The van der Waals surface area contributed by atoms with E-state index in [0.717, 1.165) is 10.1 Å². The summed E-state index contributed by atoms with van der Waals surface area (Å²) < 4.78 is 28.1. The maximum atomic E-state index is 12.5. The number of benzene rings is 2. The van der Waals surface area contributed by atoms with Crippen molar-refractivity contribution in [2.45, 2.75) is 4.90 Å². The number of nitrogens with one attached hydrogen (secondary N) is 2. The number of anilines is 2. The number of rotatable bonds is 5. The minimum Gasteiger partial charge on any atom is -0.321 e. The summed E-state index contributed by atoms with van der Waals surface area (Å²) in [4.78, 5) is 17.0. The first-order valence-corrected chi connectivity index (χ1v) is 11.2. The van der Waals surface area contributed by atoms with Gasteiger partial charge in [-0.3, -0.25) is 9.52 Å². The minimum absolute atomic E-state index is 0.0815. The summed E-state index contributed by atoms with van der Waals surface area (Å²) in [6.07, 6.45) is 1.52. The molecule has 0 atom stereocenters. The Bertz CT molecular complexity index is 1250. The van der Waals surface area contributed by atoms with Gasteiger partial charge in [0.15, 0.2) is 5.13 Å². The van der Waals surface area contributed by atoms with Crippen molar-refractivity contribution >= 4 is 72.8 Å². The highest BCUT2D eigenvalue weighted by Gasteiger charge is 2.16. The van der Waals surface area contributed by atoms with Crippen LogP contribution in [0.3, 0.4) is 0 Å². The average molecular weight is 425 g/mol. The van der Waals surface area contributed by atoms with Crippen molar-refractivity contribution in [3.8, 4) is 0 Å². The zero-order valence-electron chi connectivity index (χ0n) is 14.2. The van der Waals surface area contributed by atoms with Crippen LogP contribution in [0.1, 0.15) is 9.67 Å². The Morgan fingerprint density at radius 1 is 1.07 bits per heavy atom. The third-order valence-corrected chi connectivity index (χ3v) is 7.13. The van der Waals surface area contributed by atoms with Crippen LogP contribution in [0.5, 0.6) is 0 Å².